The van der Waals surface area contributed by atoms with E-state index in [4.69, 9.17) is 16.3 Å². The van der Waals surface area contributed by atoms with E-state index in [9.17, 15) is 9.59 Å². The number of hydrogen-bond donors (Lipinski definition) is 1. The predicted molar refractivity (Wildman–Crippen MR) is 121 cm³/mol. The summed E-state index contributed by atoms with van der Waals surface area (Å²) in [5.74, 6) is -0.259. The summed E-state index contributed by atoms with van der Waals surface area (Å²) < 4.78 is 5.84. The molecule has 1 amide bonds. The highest BCUT2D eigenvalue weighted by Crippen LogP contribution is 2.44. The minimum Gasteiger partial charge on any atom is -0.450 e. The van der Waals surface area contributed by atoms with Crippen LogP contribution in [0, 0.1) is 0 Å². The number of nitrogens with zero attached hydrogens (tertiary/aromatic N) is 1. The number of aromatic nitrogens is 1. The number of aromatic amines is 1. The van der Waals surface area contributed by atoms with Gasteiger partial charge in [0.2, 0.25) is 0 Å². The molecule has 0 unspecified atom stereocenters. The molecular weight excluding hydrogens is 412 g/mol. The first-order valence-electron chi connectivity index (χ1n) is 10.6. The Morgan fingerprint density at radius 1 is 1.13 bits per heavy atom. The average Bonchev–Trinajstić information content (AvgIpc) is 3.24. The van der Waals surface area contributed by atoms with Gasteiger partial charge in [0.15, 0.2) is 0 Å². The summed E-state index contributed by atoms with van der Waals surface area (Å²) in [5.41, 5.74) is 3.23. The molecule has 0 bridgehead atoms. The zero-order valence-electron chi connectivity index (χ0n) is 17.9. The third-order valence-electron chi connectivity index (χ3n) is 6.51. The van der Waals surface area contributed by atoms with Crippen molar-refractivity contribution in [2.24, 2.45) is 0 Å². The quantitative estimate of drug-likeness (QED) is 0.518. The molecule has 3 aromatic rings. The van der Waals surface area contributed by atoms with Gasteiger partial charge in [-0.05, 0) is 18.2 Å². The van der Waals surface area contributed by atoms with Crippen LogP contribution in [0.5, 0.6) is 0 Å². The second-order valence-corrected chi connectivity index (χ2v) is 9.97. The zero-order valence-corrected chi connectivity index (χ0v) is 18.7. The molecule has 5 nitrogen and oxygen atoms in total. The second kappa shape index (κ2) is 6.86. The van der Waals surface area contributed by atoms with Crippen LogP contribution in [0.4, 0.5) is 0 Å². The van der Waals surface area contributed by atoms with Crippen LogP contribution in [0.15, 0.2) is 42.5 Å². The van der Waals surface area contributed by atoms with E-state index in [1.807, 2.05) is 47.4 Å². The number of piperidine rings is 1. The summed E-state index contributed by atoms with van der Waals surface area (Å²) in [7, 11) is 0. The maximum absolute atomic E-state index is 13.7. The number of halogens is 1. The van der Waals surface area contributed by atoms with Gasteiger partial charge in [0.1, 0.15) is 5.60 Å². The van der Waals surface area contributed by atoms with E-state index in [2.05, 4.69) is 25.8 Å². The number of ether oxygens (including phenoxy) is 1. The van der Waals surface area contributed by atoms with E-state index in [-0.39, 0.29) is 17.3 Å². The number of amides is 1. The molecule has 3 heterocycles. The SMILES string of the molecule is CC(C)(C)c1[nH]c2cc(Cl)ccc2c1C(=O)N1CCC2(CC1)OC(=O)c1ccccc12. The summed E-state index contributed by atoms with van der Waals surface area (Å²) in [6.45, 7) is 7.34. The van der Waals surface area contributed by atoms with Gasteiger partial charge in [0.25, 0.3) is 5.91 Å². The van der Waals surface area contributed by atoms with Crippen molar-refractivity contribution in [3.05, 3.63) is 69.9 Å². The molecule has 1 saturated heterocycles. The first kappa shape index (κ1) is 20.1. The van der Waals surface area contributed by atoms with Gasteiger partial charge in [-0.2, -0.15) is 0 Å². The lowest BCUT2D eigenvalue weighted by Gasteiger charge is -2.39. The molecule has 160 valence electrons. The Bertz CT molecular complexity index is 1210. The van der Waals surface area contributed by atoms with Crippen molar-refractivity contribution in [1.82, 2.24) is 9.88 Å². The van der Waals surface area contributed by atoms with Crippen LogP contribution < -0.4 is 0 Å². The first-order chi connectivity index (χ1) is 14.7. The smallest absolute Gasteiger partial charge is 0.339 e. The lowest BCUT2D eigenvalue weighted by molar-refractivity contribution is -0.0389. The highest BCUT2D eigenvalue weighted by Gasteiger charge is 2.48. The number of rotatable bonds is 1. The van der Waals surface area contributed by atoms with Gasteiger partial charge < -0.3 is 14.6 Å². The van der Waals surface area contributed by atoms with Gasteiger partial charge in [0, 0.05) is 58.5 Å². The molecule has 0 saturated carbocycles. The van der Waals surface area contributed by atoms with Crippen LogP contribution >= 0.6 is 11.6 Å². The van der Waals surface area contributed by atoms with E-state index in [0.717, 1.165) is 22.2 Å². The lowest BCUT2D eigenvalue weighted by Crippen LogP contribution is -2.45. The third-order valence-corrected chi connectivity index (χ3v) is 6.74. The van der Waals surface area contributed by atoms with Crippen molar-refractivity contribution in [3.63, 3.8) is 0 Å². The van der Waals surface area contributed by atoms with Crippen molar-refractivity contribution in [1.29, 1.82) is 0 Å². The van der Waals surface area contributed by atoms with Crippen molar-refractivity contribution in [2.45, 2.75) is 44.6 Å². The number of likely N-dealkylation sites (tertiary alicyclic amines) is 1. The minimum absolute atomic E-state index is 0.00551. The highest BCUT2D eigenvalue weighted by atomic mass is 35.5. The Labute approximate surface area is 186 Å². The Morgan fingerprint density at radius 3 is 2.55 bits per heavy atom. The molecule has 31 heavy (non-hydrogen) atoms. The van der Waals surface area contributed by atoms with E-state index < -0.39 is 5.60 Å². The van der Waals surface area contributed by atoms with Crippen molar-refractivity contribution in [2.75, 3.05) is 13.1 Å². The summed E-state index contributed by atoms with van der Waals surface area (Å²) >= 11 is 6.19. The molecule has 1 spiro atoms. The van der Waals surface area contributed by atoms with E-state index in [1.165, 1.54) is 0 Å². The Morgan fingerprint density at radius 2 is 1.84 bits per heavy atom. The molecule has 6 heteroatoms. The monoisotopic (exact) mass is 436 g/mol. The first-order valence-corrected chi connectivity index (χ1v) is 11.0. The molecule has 5 rings (SSSR count). The van der Waals surface area contributed by atoms with Gasteiger partial charge in [-0.3, -0.25) is 4.79 Å². The number of hydrogen-bond acceptors (Lipinski definition) is 3. The molecule has 2 aliphatic rings. The Hall–Kier alpha value is -2.79. The molecule has 0 aliphatic carbocycles. The summed E-state index contributed by atoms with van der Waals surface area (Å²) in [6.07, 6.45) is 1.20. The number of carbonyl (C=O) groups is 2. The standard InChI is InChI=1S/C25H25ClN2O3/c1-24(2,3)21-20(17-9-8-15(26)14-19(17)27-21)22(29)28-12-10-25(11-13-28)18-7-5-4-6-16(18)23(30)31-25/h4-9,14,27H,10-13H2,1-3H3. The maximum atomic E-state index is 13.7. The second-order valence-electron chi connectivity index (χ2n) is 9.54. The molecule has 2 aliphatic heterocycles. The fraction of sp³-hybridized carbons (Fsp3) is 0.360. The van der Waals surface area contributed by atoms with Crippen LogP contribution in [-0.4, -0.2) is 34.8 Å². The molecule has 2 aromatic carbocycles. The predicted octanol–water partition coefficient (Wildman–Crippen LogP) is 5.42. The van der Waals surface area contributed by atoms with Crippen LogP contribution in [0.2, 0.25) is 5.02 Å². The van der Waals surface area contributed by atoms with Crippen LogP contribution in [0.3, 0.4) is 0 Å². The molecule has 1 aromatic heterocycles. The van der Waals surface area contributed by atoms with Gasteiger partial charge >= 0.3 is 5.97 Å². The number of H-pyrrole nitrogens is 1. The van der Waals surface area contributed by atoms with Crippen LogP contribution in [0.25, 0.3) is 10.9 Å². The number of carbonyl (C=O) groups excluding carboxylic acids is 2. The molecule has 0 radical (unpaired) electrons. The third kappa shape index (κ3) is 3.14. The number of esters is 1. The normalized spacial score (nSPS) is 17.8. The Kier molecular flexibility index (Phi) is 4.45. The fourth-order valence-electron chi connectivity index (χ4n) is 4.90. The zero-order chi connectivity index (χ0) is 22.0. The van der Waals surface area contributed by atoms with E-state index in [1.54, 1.807) is 0 Å². The topological polar surface area (TPSA) is 62.4 Å². The summed E-state index contributed by atoms with van der Waals surface area (Å²) in [6, 6.07) is 13.2. The van der Waals surface area contributed by atoms with Crippen molar-refractivity contribution < 1.29 is 14.3 Å². The minimum atomic E-state index is -0.620. The summed E-state index contributed by atoms with van der Waals surface area (Å²) in [4.78, 5) is 31.4. The van der Waals surface area contributed by atoms with E-state index >= 15 is 0 Å². The van der Waals surface area contributed by atoms with Crippen molar-refractivity contribution in [3.8, 4) is 0 Å². The van der Waals surface area contributed by atoms with Crippen LogP contribution in [-0.2, 0) is 15.8 Å². The molecular formula is C25H25ClN2O3. The molecule has 1 N–H and O–H groups in total. The Balaban J connectivity index is 1.47. The van der Waals surface area contributed by atoms with Crippen molar-refractivity contribution >= 4 is 34.4 Å². The largest absolute Gasteiger partial charge is 0.450 e. The summed E-state index contributed by atoms with van der Waals surface area (Å²) in [5, 5.41) is 1.52. The van der Waals surface area contributed by atoms with Gasteiger partial charge in [0.05, 0.1) is 11.1 Å². The number of nitrogens with one attached hydrogen (secondary N) is 1. The lowest BCUT2D eigenvalue weighted by atomic mass is 9.83. The number of fused-ring (bicyclic) bond motifs is 3. The molecule has 0 atom stereocenters. The van der Waals surface area contributed by atoms with Gasteiger partial charge in [-0.1, -0.05) is 56.6 Å². The average molecular weight is 437 g/mol. The van der Waals surface area contributed by atoms with E-state index in [0.29, 0.717) is 42.1 Å². The van der Waals surface area contributed by atoms with Crippen LogP contribution in [0.1, 0.15) is 65.6 Å². The van der Waals surface area contributed by atoms with Gasteiger partial charge in [-0.15, -0.1) is 0 Å². The molecule has 1 fully saturated rings. The maximum Gasteiger partial charge on any atom is 0.339 e. The van der Waals surface area contributed by atoms with Gasteiger partial charge in [-0.25, -0.2) is 4.79 Å². The fourth-order valence-corrected chi connectivity index (χ4v) is 5.07. The highest BCUT2D eigenvalue weighted by molar-refractivity contribution is 6.31. The number of benzene rings is 2.